The van der Waals surface area contributed by atoms with Crippen molar-refractivity contribution in [2.24, 2.45) is 11.7 Å². The smallest absolute Gasteiger partial charge is 0.870 e. The topological polar surface area (TPSA) is 513 Å². The minimum Gasteiger partial charge on any atom is -0.870 e. The van der Waals surface area contributed by atoms with Gasteiger partial charge in [0.25, 0.3) is 5.91 Å². The molecule has 16 N–H and O–H groups in total. The molecule has 0 radical (unpaired) electrons. The number of aliphatic hydroxyl groups is 8. The van der Waals surface area contributed by atoms with Gasteiger partial charge in [-0.15, -0.1) is 0 Å². The number of aliphatic hydroxyl groups excluding tert-OH is 8. The number of nitrogens with zero attached hydrogens (tertiary/aromatic N) is 3. The maximum absolute atomic E-state index is 14.7. The first kappa shape index (κ1) is 71.7. The predicted molar refractivity (Wildman–Crippen MR) is 302 cm³/mol. The maximum Gasteiger partial charge on any atom is 1.00 e. The van der Waals surface area contributed by atoms with Crippen LogP contribution >= 0.6 is 0 Å². The van der Waals surface area contributed by atoms with E-state index in [0.717, 1.165) is 32.3 Å². The van der Waals surface area contributed by atoms with Gasteiger partial charge in [0.2, 0.25) is 41.4 Å². The summed E-state index contributed by atoms with van der Waals surface area (Å²) in [4.78, 5) is 114. The van der Waals surface area contributed by atoms with E-state index in [1.807, 2.05) is 10.6 Å². The van der Waals surface area contributed by atoms with Crippen LogP contribution in [0, 0.1) is 5.92 Å². The largest absolute Gasteiger partial charge is 1.00 e. The van der Waals surface area contributed by atoms with Gasteiger partial charge in [0.15, 0.2) is 12.0 Å². The number of rotatable bonds is 18. The van der Waals surface area contributed by atoms with Gasteiger partial charge >= 0.3 is 40.0 Å². The van der Waals surface area contributed by atoms with E-state index >= 15 is 0 Å². The molecule has 484 valence electrons. The van der Waals surface area contributed by atoms with Crippen LogP contribution in [0.25, 0.3) is 22.6 Å². The van der Waals surface area contributed by atoms with Crippen LogP contribution in [0.5, 0.6) is 17.2 Å². The molecular weight excluding hydrogens is 1220 g/mol. The normalized spacial score (nSPS) is 26.2. The van der Waals surface area contributed by atoms with Gasteiger partial charge in [-0.2, -0.15) is 8.42 Å². The number of nitrogens with one attached hydrogen (secondary N) is 5. The summed E-state index contributed by atoms with van der Waals surface area (Å²) in [5.74, 6) is -13.3. The second-order valence-corrected chi connectivity index (χ2v) is 22.9. The number of carbonyl (C=O) groups is 8. The van der Waals surface area contributed by atoms with Gasteiger partial charge in [-0.1, -0.05) is 61.9 Å². The molecule has 0 aliphatic carbocycles. The fourth-order valence-corrected chi connectivity index (χ4v) is 10.7. The fourth-order valence-electron chi connectivity index (χ4n) is 10.3. The van der Waals surface area contributed by atoms with Gasteiger partial charge in [-0.3, -0.25) is 42.9 Å². The van der Waals surface area contributed by atoms with E-state index in [0.29, 0.717) is 56.9 Å². The Kier molecular flexibility index (Phi) is 24.8. The SMILES string of the molecule is CCCCCOc1ccc(-c2cc(-c3ccc(C(=O)NC4CC(O)C(O)NC(=O)C5C(O)C(C)CN5C(=O)C(C(O)CC(N)=O)NC(=O)C(C(O)C(O)c5ccc([O-])c(OS(=O)(=O)O)c5)NC(=O)C5CC(O)CN5C(=O)C(C(C)O)NC4=O)cc3)no2)cc1.[Na+]. The standard InChI is InChI=1S/C56H71N9O23S.Na/c1-4-5-6-17-86-32-14-11-28(12-15-32)39-21-33(63-87-39)27-7-9-29(10-8-27)49(75)58-34-20-38(70)52(78)62-54(80)45-46(72)25(2)23-65(45)56(82)43(37(69)22-41(57)71)60-53(79)44(48(74)47(73)30-13-16-36(68)40(18-30)88-89(83,84)85)61-51(77)35-19-31(67)24-64(35)55(81)42(26(3)66)59-50(34)76;/h7-16,18,21,25-26,31,34-35,37-38,42-48,52,66-70,72-74,78H,4-6,17,19-20,22-24H2,1-3H3,(H2,57,71)(H,58,75)(H,59,76)(H,60,79)(H,61,77)(H,62,80)(H,83,84,85);/q;+1/p-1. The summed E-state index contributed by atoms with van der Waals surface area (Å²) in [7, 11) is -5.39. The number of hydrogen-bond acceptors (Lipinski definition) is 23. The van der Waals surface area contributed by atoms with E-state index in [-0.39, 0.29) is 35.1 Å². The summed E-state index contributed by atoms with van der Waals surface area (Å²) >= 11 is 0. The van der Waals surface area contributed by atoms with Crippen LogP contribution in [-0.4, -0.2) is 215 Å². The van der Waals surface area contributed by atoms with Gasteiger partial charge in [0, 0.05) is 54.6 Å². The Morgan fingerprint density at radius 1 is 0.800 bits per heavy atom. The van der Waals surface area contributed by atoms with Crippen molar-refractivity contribution in [3.05, 3.63) is 83.9 Å². The average Bonchev–Trinajstić information content (AvgIpc) is 2.24. The van der Waals surface area contributed by atoms with E-state index in [2.05, 4.69) is 32.2 Å². The van der Waals surface area contributed by atoms with Crippen LogP contribution in [-0.2, 0) is 44.0 Å². The molecule has 0 bridgehead atoms. The Labute approximate surface area is 536 Å². The maximum atomic E-state index is 14.7. The molecule has 8 amide bonds. The minimum absolute atomic E-state index is 0. The predicted octanol–water partition coefficient (Wildman–Crippen LogP) is -7.53. The molecule has 3 aliphatic heterocycles. The Morgan fingerprint density at radius 2 is 1.43 bits per heavy atom. The Morgan fingerprint density at radius 3 is 2.07 bits per heavy atom. The van der Waals surface area contributed by atoms with Crippen molar-refractivity contribution in [3.8, 4) is 39.8 Å². The van der Waals surface area contributed by atoms with E-state index < -0.39 is 198 Å². The molecular formula is C56H70N9NaO23S. The van der Waals surface area contributed by atoms with Crippen LogP contribution in [0.3, 0.4) is 0 Å². The summed E-state index contributed by atoms with van der Waals surface area (Å²) in [5, 5.41) is 118. The fraction of sp³-hybridized carbons (Fsp3) is 0.482. The van der Waals surface area contributed by atoms with Crippen LogP contribution in [0.15, 0.2) is 77.3 Å². The summed E-state index contributed by atoms with van der Waals surface area (Å²) < 4.78 is 48.0. The first-order chi connectivity index (χ1) is 42.0. The molecule has 15 unspecified atom stereocenters. The number of fused-ring (bicyclic) bond motifs is 2. The van der Waals surface area contributed by atoms with Gasteiger partial charge in [0.05, 0.1) is 37.4 Å². The summed E-state index contributed by atoms with van der Waals surface area (Å²) in [6.07, 6.45) is -17.4. The van der Waals surface area contributed by atoms with E-state index in [4.69, 9.17) is 15.0 Å². The van der Waals surface area contributed by atoms with Gasteiger partial charge in [0.1, 0.15) is 71.8 Å². The number of unbranched alkanes of at least 4 members (excludes halogenated alkanes) is 2. The van der Waals surface area contributed by atoms with Crippen molar-refractivity contribution in [2.45, 2.75) is 145 Å². The number of carbonyl (C=O) groups excluding carboxylic acids is 8. The number of hydrogen-bond donors (Lipinski definition) is 15. The van der Waals surface area contributed by atoms with Crippen molar-refractivity contribution >= 4 is 57.7 Å². The van der Waals surface area contributed by atoms with Crippen LogP contribution in [0.2, 0.25) is 0 Å². The molecule has 3 aliphatic rings. The zero-order valence-electron chi connectivity index (χ0n) is 49.0. The van der Waals surface area contributed by atoms with Crippen LogP contribution in [0.4, 0.5) is 0 Å². The monoisotopic (exact) mass is 1290 g/mol. The zero-order chi connectivity index (χ0) is 65.3. The first-order valence-electron chi connectivity index (χ1n) is 28.1. The molecule has 0 spiro atoms. The molecule has 3 aromatic carbocycles. The second-order valence-electron chi connectivity index (χ2n) is 21.9. The first-order valence-corrected chi connectivity index (χ1v) is 29.5. The number of ether oxygens (including phenoxy) is 1. The van der Waals surface area contributed by atoms with E-state index in [1.165, 1.54) is 31.2 Å². The molecule has 15 atom stereocenters. The van der Waals surface area contributed by atoms with Gasteiger partial charge in [-0.05, 0) is 61.4 Å². The molecule has 90 heavy (non-hydrogen) atoms. The Balaban J connectivity index is 0.0000129. The van der Waals surface area contributed by atoms with Crippen LogP contribution in [0.1, 0.15) is 81.3 Å². The molecule has 4 aromatic rings. The van der Waals surface area contributed by atoms with Crippen molar-refractivity contribution in [3.63, 3.8) is 0 Å². The minimum atomic E-state index is -5.39. The third-order valence-corrected chi connectivity index (χ3v) is 15.6. The van der Waals surface area contributed by atoms with Crippen molar-refractivity contribution in [2.75, 3.05) is 19.7 Å². The third kappa shape index (κ3) is 17.8. The molecule has 32 nitrogen and oxygen atoms in total. The molecule has 1 aromatic heterocycles. The average molecular weight is 1290 g/mol. The number of aromatic nitrogens is 1. The van der Waals surface area contributed by atoms with Crippen molar-refractivity contribution < 1.29 is 140 Å². The Bertz CT molecular complexity index is 3340. The summed E-state index contributed by atoms with van der Waals surface area (Å²) in [6.45, 7) is 3.72. The zero-order valence-corrected chi connectivity index (χ0v) is 51.8. The molecule has 4 heterocycles. The summed E-state index contributed by atoms with van der Waals surface area (Å²) in [6, 6.07) is 3.22. The molecule has 34 heteroatoms. The third-order valence-electron chi connectivity index (χ3n) is 15.2. The van der Waals surface area contributed by atoms with E-state index in [1.54, 1.807) is 30.3 Å². The van der Waals surface area contributed by atoms with E-state index in [9.17, 15) is 97.3 Å². The quantitative estimate of drug-likeness (QED) is 0.0250. The van der Waals surface area contributed by atoms with Gasteiger partial charge in [-0.25, -0.2) is 0 Å². The van der Waals surface area contributed by atoms with Crippen molar-refractivity contribution in [1.82, 2.24) is 41.5 Å². The second kappa shape index (κ2) is 31.1. The molecule has 3 saturated heterocycles. The number of benzene rings is 3. The number of primary amides is 1. The number of nitrogens with two attached hydrogens (primary N) is 1. The van der Waals surface area contributed by atoms with Crippen LogP contribution < -0.4 is 75.9 Å². The van der Waals surface area contributed by atoms with Crippen molar-refractivity contribution in [1.29, 1.82) is 0 Å². The summed E-state index contributed by atoms with van der Waals surface area (Å²) in [5.41, 5.74) is 6.11. The Hall–Kier alpha value is -7.38. The number of amides is 8. The molecule has 0 saturated carbocycles. The van der Waals surface area contributed by atoms with Gasteiger partial charge < -0.3 is 102 Å². The molecule has 7 rings (SSSR count). The molecule has 3 fully saturated rings.